The molecular weight excluding hydrogens is 481 g/mol. The average Bonchev–Trinajstić information content (AvgIpc) is 2.92. The molecule has 37 heavy (non-hydrogen) atoms. The first kappa shape index (κ1) is 27.8. The molecule has 8 nitrogen and oxygen atoms in total. The van der Waals surface area contributed by atoms with E-state index in [4.69, 9.17) is 19.3 Å². The molecule has 0 saturated heterocycles. The van der Waals surface area contributed by atoms with Crippen LogP contribution in [0.1, 0.15) is 39.3 Å². The van der Waals surface area contributed by atoms with Gasteiger partial charge in [0.05, 0.1) is 20.8 Å². The number of aliphatic hydroxyl groups excluding tert-OH is 2. The van der Waals surface area contributed by atoms with E-state index >= 15 is 0 Å². The molecule has 0 fully saturated rings. The topological polar surface area (TPSA) is 115 Å². The number of ketones is 2. The summed E-state index contributed by atoms with van der Waals surface area (Å²) in [6.07, 6.45) is -0.0871. The number of halogens is 1. The van der Waals surface area contributed by atoms with Gasteiger partial charge < -0.3 is 24.4 Å². The van der Waals surface area contributed by atoms with Gasteiger partial charge in [-0.25, -0.2) is 9.37 Å². The summed E-state index contributed by atoms with van der Waals surface area (Å²) in [5, 5.41) is 18.6. The molecule has 0 unspecified atom stereocenters. The Balaban J connectivity index is 1.88. The van der Waals surface area contributed by atoms with Gasteiger partial charge in [-0.15, -0.1) is 0 Å². The molecule has 3 rings (SSSR count). The second-order valence-electron chi connectivity index (χ2n) is 8.35. The molecular formula is C28H30FNO7. The van der Waals surface area contributed by atoms with Gasteiger partial charge in [-0.3, -0.25) is 9.59 Å². The SMILES string of the molecule is COc1cc(C(=O)C[C@H](CCO)C(=O)c2ccc(OC)c(-c3ccc(F)c(C)c3)n2)ccc1OCCO. The zero-order valence-corrected chi connectivity index (χ0v) is 21.0. The summed E-state index contributed by atoms with van der Waals surface area (Å²) in [5.74, 6) is -0.796. The third-order valence-corrected chi connectivity index (χ3v) is 5.88. The molecule has 3 aromatic rings. The van der Waals surface area contributed by atoms with Gasteiger partial charge in [-0.05, 0) is 67.4 Å². The van der Waals surface area contributed by atoms with E-state index in [1.807, 2.05) is 0 Å². The number of aromatic nitrogens is 1. The van der Waals surface area contributed by atoms with Gasteiger partial charge in [0.2, 0.25) is 0 Å². The lowest BCUT2D eigenvalue weighted by Gasteiger charge is -2.16. The van der Waals surface area contributed by atoms with Crippen LogP contribution < -0.4 is 14.2 Å². The molecule has 0 saturated carbocycles. The van der Waals surface area contributed by atoms with E-state index in [9.17, 15) is 19.1 Å². The summed E-state index contributed by atoms with van der Waals surface area (Å²) in [4.78, 5) is 31.0. The highest BCUT2D eigenvalue weighted by atomic mass is 19.1. The number of ether oxygens (including phenoxy) is 3. The van der Waals surface area contributed by atoms with Crippen LogP contribution >= 0.6 is 0 Å². The van der Waals surface area contributed by atoms with Crippen LogP contribution in [0.3, 0.4) is 0 Å². The van der Waals surface area contributed by atoms with Crippen LogP contribution in [0.15, 0.2) is 48.5 Å². The molecule has 0 radical (unpaired) electrons. The van der Waals surface area contributed by atoms with E-state index in [-0.39, 0.29) is 50.0 Å². The maximum atomic E-state index is 13.8. The van der Waals surface area contributed by atoms with Crippen LogP contribution in [0.25, 0.3) is 11.3 Å². The van der Waals surface area contributed by atoms with E-state index in [0.717, 1.165) is 0 Å². The summed E-state index contributed by atoms with van der Waals surface area (Å²) < 4.78 is 29.9. The van der Waals surface area contributed by atoms with E-state index < -0.39 is 11.7 Å². The number of carbonyl (C=O) groups excluding carboxylic acids is 2. The van der Waals surface area contributed by atoms with Crippen molar-refractivity contribution in [3.63, 3.8) is 0 Å². The van der Waals surface area contributed by atoms with Crippen LogP contribution in [-0.4, -0.2) is 60.8 Å². The van der Waals surface area contributed by atoms with Gasteiger partial charge in [0, 0.05) is 30.1 Å². The highest BCUT2D eigenvalue weighted by Gasteiger charge is 2.26. The lowest BCUT2D eigenvalue weighted by Crippen LogP contribution is -2.21. The number of rotatable bonds is 13. The molecule has 0 bridgehead atoms. The van der Waals surface area contributed by atoms with Crippen LogP contribution in [0, 0.1) is 18.7 Å². The zero-order valence-electron chi connectivity index (χ0n) is 21.0. The molecule has 0 aliphatic heterocycles. The van der Waals surface area contributed by atoms with Crippen LogP contribution in [0.2, 0.25) is 0 Å². The highest BCUT2D eigenvalue weighted by molar-refractivity contribution is 6.03. The first-order valence-electron chi connectivity index (χ1n) is 11.7. The molecule has 0 aliphatic carbocycles. The number of carbonyl (C=O) groups is 2. The smallest absolute Gasteiger partial charge is 0.184 e. The van der Waals surface area contributed by atoms with Crippen molar-refractivity contribution < 1.29 is 38.4 Å². The Labute approximate surface area is 214 Å². The Morgan fingerprint density at radius 2 is 1.68 bits per heavy atom. The van der Waals surface area contributed by atoms with Crippen molar-refractivity contribution in [3.8, 4) is 28.5 Å². The second kappa shape index (κ2) is 12.9. The van der Waals surface area contributed by atoms with E-state index in [1.165, 1.54) is 32.4 Å². The molecule has 2 N–H and O–H groups in total. The number of benzene rings is 2. The summed E-state index contributed by atoms with van der Waals surface area (Å²) in [5.41, 5.74) is 1.79. The first-order chi connectivity index (χ1) is 17.8. The molecule has 196 valence electrons. The molecule has 0 spiro atoms. The minimum absolute atomic E-state index is 0.0676. The van der Waals surface area contributed by atoms with Crippen molar-refractivity contribution in [1.29, 1.82) is 0 Å². The molecule has 0 aliphatic rings. The van der Waals surface area contributed by atoms with Gasteiger partial charge >= 0.3 is 0 Å². The van der Waals surface area contributed by atoms with Crippen LogP contribution in [-0.2, 0) is 0 Å². The number of hydrogen-bond acceptors (Lipinski definition) is 8. The van der Waals surface area contributed by atoms with Gasteiger partial charge in [0.25, 0.3) is 0 Å². The number of hydrogen-bond donors (Lipinski definition) is 2. The summed E-state index contributed by atoms with van der Waals surface area (Å²) in [6, 6.07) is 12.2. The Hall–Kier alpha value is -3.82. The minimum atomic E-state index is -0.822. The van der Waals surface area contributed by atoms with E-state index in [2.05, 4.69) is 4.98 Å². The lowest BCUT2D eigenvalue weighted by atomic mass is 9.90. The summed E-state index contributed by atoms with van der Waals surface area (Å²) >= 11 is 0. The average molecular weight is 512 g/mol. The number of nitrogens with zero attached hydrogens (tertiary/aromatic N) is 1. The molecule has 0 amide bonds. The predicted octanol–water partition coefficient (Wildman–Crippen LogP) is 4.04. The van der Waals surface area contributed by atoms with Crippen LogP contribution in [0.5, 0.6) is 17.2 Å². The van der Waals surface area contributed by atoms with Crippen LogP contribution in [0.4, 0.5) is 4.39 Å². The number of pyridine rings is 1. The fraction of sp³-hybridized carbons (Fsp3) is 0.321. The maximum absolute atomic E-state index is 13.8. The molecule has 1 heterocycles. The van der Waals surface area contributed by atoms with E-state index in [1.54, 1.807) is 37.3 Å². The number of aryl methyl sites for hydroxylation is 1. The number of Topliss-reactive ketones (excluding diaryl/α,β-unsaturated/α-hetero) is 2. The third-order valence-electron chi connectivity index (χ3n) is 5.88. The molecule has 1 aromatic heterocycles. The van der Waals surface area contributed by atoms with Gasteiger partial charge in [0.15, 0.2) is 23.1 Å². The Morgan fingerprint density at radius 1 is 0.946 bits per heavy atom. The van der Waals surface area contributed by atoms with Crippen molar-refractivity contribution in [3.05, 3.63) is 71.2 Å². The summed E-state index contributed by atoms with van der Waals surface area (Å²) in [6.45, 7) is 1.24. The number of aliphatic hydroxyl groups is 2. The third kappa shape index (κ3) is 6.69. The molecule has 1 atom stereocenters. The van der Waals surface area contributed by atoms with Gasteiger partial charge in [-0.2, -0.15) is 0 Å². The first-order valence-corrected chi connectivity index (χ1v) is 11.7. The minimum Gasteiger partial charge on any atom is -0.494 e. The fourth-order valence-electron chi connectivity index (χ4n) is 3.90. The van der Waals surface area contributed by atoms with Crippen molar-refractivity contribution in [2.24, 2.45) is 5.92 Å². The normalized spacial score (nSPS) is 11.6. The van der Waals surface area contributed by atoms with Crippen molar-refractivity contribution in [2.45, 2.75) is 19.8 Å². The highest BCUT2D eigenvalue weighted by Crippen LogP contribution is 2.32. The van der Waals surface area contributed by atoms with Crippen molar-refractivity contribution >= 4 is 11.6 Å². The molecule has 2 aromatic carbocycles. The predicted molar refractivity (Wildman–Crippen MR) is 135 cm³/mol. The van der Waals surface area contributed by atoms with Gasteiger partial charge in [-0.1, -0.05) is 0 Å². The second-order valence-corrected chi connectivity index (χ2v) is 8.35. The quantitative estimate of drug-likeness (QED) is 0.331. The Morgan fingerprint density at radius 3 is 2.32 bits per heavy atom. The molecule has 9 heteroatoms. The maximum Gasteiger partial charge on any atom is 0.184 e. The summed E-state index contributed by atoms with van der Waals surface area (Å²) in [7, 11) is 2.91. The van der Waals surface area contributed by atoms with E-state index in [0.29, 0.717) is 39.6 Å². The fourth-order valence-corrected chi connectivity index (χ4v) is 3.90. The Bertz CT molecular complexity index is 1260. The monoisotopic (exact) mass is 511 g/mol. The zero-order chi connectivity index (χ0) is 26.9. The lowest BCUT2D eigenvalue weighted by molar-refractivity contribution is 0.0824. The van der Waals surface area contributed by atoms with Gasteiger partial charge in [0.1, 0.15) is 29.6 Å². The standard InChI is InChI=1S/C28H30FNO7/c1-17-14-19(4-6-21(17)29)27-25(35-2)9-7-22(30-27)28(34)20(10-11-31)15-23(33)18-5-8-24(37-13-12-32)26(16-18)36-3/h4-9,14,16,20,31-32H,10-13,15H2,1-3H3/t20-/m0/s1. The Kier molecular flexibility index (Phi) is 9.71. The number of methoxy groups -OCH3 is 2. The van der Waals surface area contributed by atoms with Crippen molar-refractivity contribution in [1.82, 2.24) is 4.98 Å². The van der Waals surface area contributed by atoms with Crippen molar-refractivity contribution in [2.75, 3.05) is 34.0 Å². The largest absolute Gasteiger partial charge is 0.494 e.